The third-order valence-corrected chi connectivity index (χ3v) is 4.42. The topological polar surface area (TPSA) is 97.6 Å². The molecule has 8 heteroatoms. The molecule has 0 radical (unpaired) electrons. The molecule has 7 nitrogen and oxygen atoms in total. The Morgan fingerprint density at radius 1 is 0.900 bits per heavy atom. The summed E-state index contributed by atoms with van der Waals surface area (Å²) < 4.78 is 10.6. The van der Waals surface area contributed by atoms with E-state index < -0.39 is 24.4 Å². The number of carbonyl (C=O) groups excluding carboxylic acids is 3. The zero-order valence-corrected chi connectivity index (χ0v) is 16.6. The van der Waals surface area contributed by atoms with Crippen LogP contribution in [0.2, 0.25) is 5.02 Å². The van der Waals surface area contributed by atoms with E-state index in [0.29, 0.717) is 17.9 Å². The fraction of sp³-hybridized carbons (Fsp3) is 0.136. The number of ether oxygens (including phenoxy) is 1. The molecule has 0 aliphatic carbocycles. The van der Waals surface area contributed by atoms with Crippen LogP contribution in [0.4, 0.5) is 0 Å². The lowest BCUT2D eigenvalue weighted by molar-refractivity contribution is -0.148. The fourth-order valence-electron chi connectivity index (χ4n) is 2.59. The number of carbonyl (C=O) groups is 3. The Kier molecular flexibility index (Phi) is 7.24. The van der Waals surface area contributed by atoms with E-state index in [1.54, 1.807) is 24.3 Å². The Morgan fingerprint density at radius 2 is 1.63 bits per heavy atom. The highest BCUT2D eigenvalue weighted by atomic mass is 35.5. The van der Waals surface area contributed by atoms with Crippen molar-refractivity contribution in [1.82, 2.24) is 10.9 Å². The second kappa shape index (κ2) is 10.3. The molecule has 0 aliphatic rings. The van der Waals surface area contributed by atoms with Crippen LogP contribution in [0, 0.1) is 0 Å². The normalized spacial score (nSPS) is 10.3. The number of esters is 1. The van der Waals surface area contributed by atoms with Crippen molar-refractivity contribution in [3.8, 4) is 11.3 Å². The molecule has 0 saturated carbocycles. The third-order valence-electron chi connectivity index (χ3n) is 4.09. The number of rotatable bonds is 7. The van der Waals surface area contributed by atoms with Crippen LogP contribution >= 0.6 is 11.6 Å². The lowest BCUT2D eigenvalue weighted by atomic mass is 10.2. The van der Waals surface area contributed by atoms with E-state index in [-0.39, 0.29) is 17.0 Å². The van der Waals surface area contributed by atoms with Crippen LogP contribution in [0.5, 0.6) is 0 Å². The van der Waals surface area contributed by atoms with Gasteiger partial charge in [0.1, 0.15) is 11.5 Å². The number of aryl methyl sites for hydroxylation is 1. The average molecular weight is 427 g/mol. The SMILES string of the molecule is O=C(COC(=O)CCc1ccc(-c2ccccc2)o1)NNC(=O)c1ccccc1Cl. The predicted molar refractivity (Wildman–Crippen MR) is 110 cm³/mol. The smallest absolute Gasteiger partial charge is 0.306 e. The van der Waals surface area contributed by atoms with Gasteiger partial charge in [-0.25, -0.2) is 0 Å². The van der Waals surface area contributed by atoms with E-state index in [2.05, 4.69) is 10.9 Å². The van der Waals surface area contributed by atoms with Gasteiger partial charge in [0, 0.05) is 12.0 Å². The van der Waals surface area contributed by atoms with Crippen molar-refractivity contribution < 1.29 is 23.5 Å². The summed E-state index contributed by atoms with van der Waals surface area (Å²) in [6, 6.07) is 19.6. The second-order valence-electron chi connectivity index (χ2n) is 6.27. The minimum atomic E-state index is -0.673. The summed E-state index contributed by atoms with van der Waals surface area (Å²) in [6.45, 7) is -0.519. The second-order valence-corrected chi connectivity index (χ2v) is 6.68. The number of furan rings is 1. The minimum Gasteiger partial charge on any atom is -0.461 e. The Bertz CT molecular complexity index is 1030. The first-order chi connectivity index (χ1) is 14.5. The Hall–Kier alpha value is -3.58. The van der Waals surface area contributed by atoms with Gasteiger partial charge in [-0.05, 0) is 24.3 Å². The fourth-order valence-corrected chi connectivity index (χ4v) is 2.81. The number of halogens is 1. The maximum atomic E-state index is 11.9. The van der Waals surface area contributed by atoms with Crippen LogP contribution in [-0.4, -0.2) is 24.4 Å². The van der Waals surface area contributed by atoms with Gasteiger partial charge in [0.05, 0.1) is 17.0 Å². The molecule has 3 rings (SSSR count). The van der Waals surface area contributed by atoms with Crippen LogP contribution < -0.4 is 10.9 Å². The standard InChI is InChI=1S/C22H19ClN2O5/c23-18-9-5-4-8-17(18)22(28)25-24-20(26)14-29-21(27)13-11-16-10-12-19(30-16)15-6-2-1-3-7-15/h1-10,12H,11,13-14H2,(H,24,26)(H,25,28). The molecule has 154 valence electrons. The molecule has 2 amide bonds. The highest BCUT2D eigenvalue weighted by Crippen LogP contribution is 2.22. The van der Waals surface area contributed by atoms with Gasteiger partial charge in [0.25, 0.3) is 11.8 Å². The number of hydrogen-bond donors (Lipinski definition) is 2. The molecule has 1 aromatic heterocycles. The molecular formula is C22H19ClN2O5. The van der Waals surface area contributed by atoms with Crippen molar-refractivity contribution >= 4 is 29.4 Å². The Labute approximate surface area is 178 Å². The number of nitrogens with one attached hydrogen (secondary N) is 2. The molecule has 2 aromatic carbocycles. The lowest BCUT2D eigenvalue weighted by Gasteiger charge is -2.08. The van der Waals surface area contributed by atoms with Gasteiger partial charge < -0.3 is 9.15 Å². The monoisotopic (exact) mass is 426 g/mol. The highest BCUT2D eigenvalue weighted by molar-refractivity contribution is 6.33. The van der Waals surface area contributed by atoms with Crippen LogP contribution in [0.3, 0.4) is 0 Å². The molecule has 30 heavy (non-hydrogen) atoms. The summed E-state index contributed by atoms with van der Waals surface area (Å²) in [5.41, 5.74) is 5.54. The van der Waals surface area contributed by atoms with Crippen LogP contribution in [0.25, 0.3) is 11.3 Å². The molecule has 1 heterocycles. The zero-order chi connectivity index (χ0) is 21.3. The molecular weight excluding hydrogens is 408 g/mol. The summed E-state index contributed by atoms with van der Waals surface area (Å²) in [5.74, 6) is -0.449. The lowest BCUT2D eigenvalue weighted by Crippen LogP contribution is -2.43. The van der Waals surface area contributed by atoms with Gasteiger partial charge in [-0.3, -0.25) is 25.2 Å². The molecule has 3 aromatic rings. The van der Waals surface area contributed by atoms with Crippen molar-refractivity contribution in [2.24, 2.45) is 0 Å². The van der Waals surface area contributed by atoms with Gasteiger partial charge in [0.15, 0.2) is 6.61 Å². The highest BCUT2D eigenvalue weighted by Gasteiger charge is 2.13. The van der Waals surface area contributed by atoms with Gasteiger partial charge in [-0.1, -0.05) is 54.1 Å². The predicted octanol–water partition coefficient (Wildman–Crippen LogP) is 3.54. The van der Waals surface area contributed by atoms with Crippen molar-refractivity contribution in [3.63, 3.8) is 0 Å². The summed E-state index contributed by atoms with van der Waals surface area (Å²) >= 11 is 5.91. The summed E-state index contributed by atoms with van der Waals surface area (Å²) in [6.07, 6.45) is 0.400. The molecule has 0 aliphatic heterocycles. The maximum Gasteiger partial charge on any atom is 0.306 e. The van der Waals surface area contributed by atoms with Gasteiger partial charge in [-0.15, -0.1) is 0 Å². The van der Waals surface area contributed by atoms with E-state index in [1.807, 2.05) is 36.4 Å². The van der Waals surface area contributed by atoms with Crippen LogP contribution in [-0.2, 0) is 20.7 Å². The summed E-state index contributed by atoms with van der Waals surface area (Å²) in [5, 5.41) is 0.254. The van der Waals surface area contributed by atoms with Crippen LogP contribution in [0.1, 0.15) is 22.5 Å². The van der Waals surface area contributed by atoms with Gasteiger partial charge in [0.2, 0.25) is 0 Å². The van der Waals surface area contributed by atoms with Crippen molar-refractivity contribution in [2.75, 3.05) is 6.61 Å². The first kappa shape index (κ1) is 21.1. The van der Waals surface area contributed by atoms with E-state index in [0.717, 1.165) is 5.56 Å². The zero-order valence-electron chi connectivity index (χ0n) is 15.9. The molecule has 0 atom stereocenters. The van der Waals surface area contributed by atoms with Crippen LogP contribution in [0.15, 0.2) is 71.1 Å². The minimum absolute atomic E-state index is 0.0566. The number of hydrazine groups is 1. The Balaban J connectivity index is 1.37. The van der Waals surface area contributed by atoms with E-state index in [4.69, 9.17) is 20.8 Å². The summed E-state index contributed by atoms with van der Waals surface area (Å²) in [7, 11) is 0. The van der Waals surface area contributed by atoms with Crippen molar-refractivity contribution in [3.05, 3.63) is 83.1 Å². The molecule has 0 unspecified atom stereocenters. The van der Waals surface area contributed by atoms with Crippen molar-refractivity contribution in [1.29, 1.82) is 0 Å². The largest absolute Gasteiger partial charge is 0.461 e. The molecule has 2 N–H and O–H groups in total. The summed E-state index contributed by atoms with van der Waals surface area (Å²) in [4.78, 5) is 35.5. The maximum absolute atomic E-state index is 11.9. The molecule has 0 fully saturated rings. The number of amides is 2. The van der Waals surface area contributed by atoms with E-state index in [1.165, 1.54) is 6.07 Å². The van der Waals surface area contributed by atoms with Gasteiger partial charge >= 0.3 is 5.97 Å². The molecule has 0 saturated heterocycles. The van der Waals surface area contributed by atoms with E-state index in [9.17, 15) is 14.4 Å². The quantitative estimate of drug-likeness (QED) is 0.445. The first-order valence-electron chi connectivity index (χ1n) is 9.16. The van der Waals surface area contributed by atoms with E-state index >= 15 is 0 Å². The Morgan fingerprint density at radius 3 is 2.40 bits per heavy atom. The van der Waals surface area contributed by atoms with Crippen molar-refractivity contribution in [2.45, 2.75) is 12.8 Å². The number of hydrogen-bond acceptors (Lipinski definition) is 5. The van der Waals surface area contributed by atoms with Gasteiger partial charge in [-0.2, -0.15) is 0 Å². The molecule has 0 spiro atoms. The molecule has 0 bridgehead atoms. The first-order valence-corrected chi connectivity index (χ1v) is 9.54. The third kappa shape index (κ3) is 5.96. The number of benzene rings is 2. The average Bonchev–Trinajstić information content (AvgIpc) is 3.24.